The second kappa shape index (κ2) is 5.13. The summed E-state index contributed by atoms with van der Waals surface area (Å²) in [5.41, 5.74) is 7.20. The van der Waals surface area contributed by atoms with Crippen LogP contribution < -0.4 is 10.6 Å². The summed E-state index contributed by atoms with van der Waals surface area (Å²) in [4.78, 5) is 25.5. The molecule has 0 aliphatic carbocycles. The second-order valence-electron chi connectivity index (χ2n) is 5.62. The highest BCUT2D eigenvalue weighted by Gasteiger charge is 2.41. The molecule has 2 aliphatic heterocycles. The number of rotatable bonds is 2. The number of benzene rings is 1. The Balaban J connectivity index is 1.91. The molecule has 6 heteroatoms. The first kappa shape index (κ1) is 14.0. The minimum atomic E-state index is -0.995. The van der Waals surface area contributed by atoms with Crippen LogP contribution in [0.2, 0.25) is 0 Å². The summed E-state index contributed by atoms with van der Waals surface area (Å²) in [7, 11) is 0. The van der Waals surface area contributed by atoms with E-state index in [4.69, 9.17) is 15.6 Å². The number of carbonyl (C=O) groups is 2. The largest absolute Gasteiger partial charge is 0.478 e. The van der Waals surface area contributed by atoms with E-state index in [1.807, 2.05) is 0 Å². The van der Waals surface area contributed by atoms with Gasteiger partial charge >= 0.3 is 5.97 Å². The summed E-state index contributed by atoms with van der Waals surface area (Å²) in [6, 6.07) is 4.91. The molecule has 3 N–H and O–H groups in total. The molecular formula is C15H18N2O4. The number of nitrogens with zero attached hydrogens (tertiary/aromatic N) is 1. The van der Waals surface area contributed by atoms with E-state index in [0.717, 1.165) is 12.0 Å². The van der Waals surface area contributed by atoms with Crippen LogP contribution in [-0.4, -0.2) is 42.3 Å². The number of fused-ring (bicyclic) bond motifs is 1. The van der Waals surface area contributed by atoms with Crippen LogP contribution in [0, 0.1) is 0 Å². The molecule has 1 aromatic carbocycles. The maximum atomic E-state index is 12.8. The van der Waals surface area contributed by atoms with Crippen molar-refractivity contribution in [1.29, 1.82) is 0 Å². The lowest BCUT2D eigenvalue weighted by Gasteiger charge is -2.35. The van der Waals surface area contributed by atoms with Gasteiger partial charge in [-0.1, -0.05) is 6.07 Å². The van der Waals surface area contributed by atoms with Crippen molar-refractivity contribution in [2.45, 2.75) is 24.8 Å². The van der Waals surface area contributed by atoms with Gasteiger partial charge in [0.2, 0.25) is 5.91 Å². The Bertz CT molecular complexity index is 593. The zero-order chi connectivity index (χ0) is 15.0. The SMILES string of the molecule is NC1(C(=O)N2CCc3ccc(C(=O)O)cc32)CCOCC1. The highest BCUT2D eigenvalue weighted by molar-refractivity contribution is 6.02. The van der Waals surface area contributed by atoms with E-state index in [1.165, 1.54) is 0 Å². The third kappa shape index (κ3) is 2.41. The fourth-order valence-corrected chi connectivity index (χ4v) is 2.94. The Hall–Kier alpha value is -1.92. The Morgan fingerprint density at radius 3 is 2.67 bits per heavy atom. The fraction of sp³-hybridized carbons (Fsp3) is 0.467. The molecule has 2 aliphatic rings. The molecule has 0 radical (unpaired) electrons. The zero-order valence-corrected chi connectivity index (χ0v) is 11.7. The molecule has 0 atom stereocenters. The third-order valence-electron chi connectivity index (χ3n) is 4.28. The van der Waals surface area contributed by atoms with Crippen molar-refractivity contribution in [2.24, 2.45) is 5.73 Å². The lowest BCUT2D eigenvalue weighted by molar-refractivity contribution is -0.126. The lowest BCUT2D eigenvalue weighted by Crippen LogP contribution is -2.58. The molecule has 1 saturated heterocycles. The predicted molar refractivity (Wildman–Crippen MR) is 76.4 cm³/mol. The van der Waals surface area contributed by atoms with E-state index in [1.54, 1.807) is 23.1 Å². The topological polar surface area (TPSA) is 92.9 Å². The second-order valence-corrected chi connectivity index (χ2v) is 5.62. The van der Waals surface area contributed by atoms with Crippen LogP contribution in [0.5, 0.6) is 0 Å². The first-order chi connectivity index (χ1) is 10.0. The monoisotopic (exact) mass is 290 g/mol. The summed E-state index contributed by atoms with van der Waals surface area (Å²) in [6.07, 6.45) is 1.72. The van der Waals surface area contributed by atoms with E-state index in [9.17, 15) is 9.59 Å². The van der Waals surface area contributed by atoms with Gasteiger partial charge in [-0.25, -0.2) is 4.79 Å². The molecule has 0 saturated carbocycles. The number of carbonyl (C=O) groups excluding carboxylic acids is 1. The molecular weight excluding hydrogens is 272 g/mol. The van der Waals surface area contributed by atoms with Crippen LogP contribution >= 0.6 is 0 Å². The Morgan fingerprint density at radius 1 is 1.29 bits per heavy atom. The van der Waals surface area contributed by atoms with Crippen LogP contribution in [0.1, 0.15) is 28.8 Å². The fourth-order valence-electron chi connectivity index (χ4n) is 2.94. The molecule has 1 amide bonds. The third-order valence-corrected chi connectivity index (χ3v) is 4.28. The van der Waals surface area contributed by atoms with Gasteiger partial charge in [-0.05, 0) is 37.0 Å². The Kier molecular flexibility index (Phi) is 3.43. The first-order valence-electron chi connectivity index (χ1n) is 7.06. The van der Waals surface area contributed by atoms with E-state index < -0.39 is 11.5 Å². The van der Waals surface area contributed by atoms with Crippen molar-refractivity contribution < 1.29 is 19.4 Å². The van der Waals surface area contributed by atoms with Crippen molar-refractivity contribution in [1.82, 2.24) is 0 Å². The molecule has 0 unspecified atom stereocenters. The van der Waals surface area contributed by atoms with Crippen LogP contribution in [0.25, 0.3) is 0 Å². The maximum absolute atomic E-state index is 12.8. The highest BCUT2D eigenvalue weighted by atomic mass is 16.5. The number of aromatic carboxylic acids is 1. The summed E-state index contributed by atoms with van der Waals surface area (Å²) in [5.74, 6) is -1.13. The normalized spacial score (nSPS) is 20.1. The van der Waals surface area contributed by atoms with Crippen molar-refractivity contribution in [3.63, 3.8) is 0 Å². The van der Waals surface area contributed by atoms with Crippen molar-refractivity contribution >= 4 is 17.6 Å². The van der Waals surface area contributed by atoms with Crippen molar-refractivity contribution in [3.8, 4) is 0 Å². The van der Waals surface area contributed by atoms with Crippen LogP contribution in [0.4, 0.5) is 5.69 Å². The highest BCUT2D eigenvalue weighted by Crippen LogP contribution is 2.32. The molecule has 0 aromatic heterocycles. The predicted octanol–water partition coefficient (Wildman–Crippen LogP) is 0.782. The Morgan fingerprint density at radius 2 is 2.00 bits per heavy atom. The van der Waals surface area contributed by atoms with Crippen molar-refractivity contribution in [3.05, 3.63) is 29.3 Å². The summed E-state index contributed by atoms with van der Waals surface area (Å²) in [5, 5.41) is 9.10. The minimum Gasteiger partial charge on any atom is -0.478 e. The lowest BCUT2D eigenvalue weighted by atomic mass is 9.89. The van der Waals surface area contributed by atoms with E-state index in [0.29, 0.717) is 38.3 Å². The number of carboxylic acids is 1. The number of nitrogens with two attached hydrogens (primary N) is 1. The van der Waals surface area contributed by atoms with Gasteiger partial charge in [0.15, 0.2) is 0 Å². The quantitative estimate of drug-likeness (QED) is 0.839. The van der Waals surface area contributed by atoms with E-state index in [-0.39, 0.29) is 11.5 Å². The number of ether oxygens (including phenoxy) is 1. The van der Waals surface area contributed by atoms with Gasteiger partial charge in [0, 0.05) is 25.4 Å². The smallest absolute Gasteiger partial charge is 0.335 e. The number of amides is 1. The zero-order valence-electron chi connectivity index (χ0n) is 11.7. The molecule has 6 nitrogen and oxygen atoms in total. The van der Waals surface area contributed by atoms with Gasteiger partial charge in [-0.3, -0.25) is 4.79 Å². The Labute approximate surface area is 122 Å². The molecule has 2 heterocycles. The van der Waals surface area contributed by atoms with Gasteiger partial charge < -0.3 is 20.5 Å². The van der Waals surface area contributed by atoms with E-state index in [2.05, 4.69) is 0 Å². The number of hydrogen-bond donors (Lipinski definition) is 2. The van der Waals surface area contributed by atoms with Crippen LogP contribution in [0.15, 0.2) is 18.2 Å². The molecule has 21 heavy (non-hydrogen) atoms. The van der Waals surface area contributed by atoms with Gasteiger partial charge in [-0.2, -0.15) is 0 Å². The average molecular weight is 290 g/mol. The molecule has 1 fully saturated rings. The van der Waals surface area contributed by atoms with Gasteiger partial charge in [-0.15, -0.1) is 0 Å². The van der Waals surface area contributed by atoms with Gasteiger partial charge in [0.05, 0.1) is 5.56 Å². The maximum Gasteiger partial charge on any atom is 0.335 e. The van der Waals surface area contributed by atoms with Crippen LogP contribution in [-0.2, 0) is 16.0 Å². The van der Waals surface area contributed by atoms with Crippen LogP contribution in [0.3, 0.4) is 0 Å². The average Bonchev–Trinajstić information content (AvgIpc) is 2.90. The number of hydrogen-bond acceptors (Lipinski definition) is 4. The summed E-state index contributed by atoms with van der Waals surface area (Å²) < 4.78 is 5.27. The van der Waals surface area contributed by atoms with Gasteiger partial charge in [0.1, 0.15) is 5.54 Å². The van der Waals surface area contributed by atoms with Crippen molar-refractivity contribution in [2.75, 3.05) is 24.7 Å². The first-order valence-corrected chi connectivity index (χ1v) is 7.06. The van der Waals surface area contributed by atoms with E-state index >= 15 is 0 Å². The molecule has 0 bridgehead atoms. The number of anilines is 1. The molecule has 1 aromatic rings. The summed E-state index contributed by atoms with van der Waals surface area (Å²) in [6.45, 7) is 1.52. The molecule has 112 valence electrons. The minimum absolute atomic E-state index is 0.132. The van der Waals surface area contributed by atoms with Gasteiger partial charge in [0.25, 0.3) is 0 Å². The molecule has 3 rings (SSSR count). The number of carboxylic acid groups (broad SMARTS) is 1. The molecule has 0 spiro atoms. The standard InChI is InChI=1S/C15H18N2O4/c16-15(4-7-21-8-5-15)14(20)17-6-3-10-1-2-11(13(18)19)9-12(10)17/h1-2,9H,3-8,16H2,(H,18,19). The summed E-state index contributed by atoms with van der Waals surface area (Å²) >= 11 is 0.